The summed E-state index contributed by atoms with van der Waals surface area (Å²) in [6.07, 6.45) is -4.61. The van der Waals surface area contributed by atoms with E-state index in [4.69, 9.17) is 0 Å². The van der Waals surface area contributed by atoms with Crippen molar-refractivity contribution in [3.05, 3.63) is 11.7 Å². The van der Waals surface area contributed by atoms with Crippen LogP contribution >= 0.6 is 0 Å². The van der Waals surface area contributed by atoms with E-state index in [9.17, 15) is 22.7 Å². The predicted octanol–water partition coefficient (Wildman–Crippen LogP) is 3.28. The van der Waals surface area contributed by atoms with Crippen LogP contribution in [0.3, 0.4) is 0 Å². The minimum atomic E-state index is -4.48. The molecule has 0 fully saturated rings. The average molecular weight is 363 g/mol. The third-order valence-electron chi connectivity index (χ3n) is 3.64. The normalized spacial score (nSPS) is 20.0. The topological polar surface area (TPSA) is 83.0 Å². The second kappa shape index (κ2) is 7.51. The SMILES string of the molecule is CC(C)Nc1nc(N[C@H](C)C(F)(F)F)nc(C2=C(F)[C@@H](O)CCC2)n1. The van der Waals surface area contributed by atoms with Crippen molar-refractivity contribution in [2.24, 2.45) is 0 Å². The summed E-state index contributed by atoms with van der Waals surface area (Å²) in [6.45, 7) is 4.54. The molecule has 0 radical (unpaired) electrons. The molecular formula is C15H21F4N5O. The average Bonchev–Trinajstić information content (AvgIpc) is 2.48. The van der Waals surface area contributed by atoms with Gasteiger partial charge in [0.05, 0.1) is 0 Å². The molecule has 10 heteroatoms. The van der Waals surface area contributed by atoms with Crippen LogP contribution in [-0.4, -0.2) is 44.4 Å². The van der Waals surface area contributed by atoms with Gasteiger partial charge in [-0.15, -0.1) is 0 Å². The van der Waals surface area contributed by atoms with Crippen molar-refractivity contribution in [3.8, 4) is 0 Å². The van der Waals surface area contributed by atoms with E-state index < -0.39 is 24.1 Å². The lowest BCUT2D eigenvalue weighted by Gasteiger charge is -2.21. The Morgan fingerprint density at radius 1 is 1.08 bits per heavy atom. The number of nitrogens with one attached hydrogen (secondary N) is 2. The number of alkyl halides is 3. The van der Waals surface area contributed by atoms with Crippen molar-refractivity contribution in [1.82, 2.24) is 15.0 Å². The highest BCUT2D eigenvalue weighted by atomic mass is 19.4. The standard InChI is InChI=1S/C15H21F4N5O/c1-7(2)20-13-22-12(9-5-4-6-10(25)11(9)16)23-14(24-13)21-8(3)15(17,18)19/h7-8,10,25H,4-6H2,1-3H3,(H2,20,21,22,23,24)/t8-,10+/m1/s1. The van der Waals surface area contributed by atoms with Crippen molar-refractivity contribution in [2.45, 2.75) is 64.4 Å². The molecule has 0 aliphatic heterocycles. The van der Waals surface area contributed by atoms with Crippen LogP contribution in [0, 0.1) is 0 Å². The maximum atomic E-state index is 14.2. The fraction of sp³-hybridized carbons (Fsp3) is 0.667. The Hall–Kier alpha value is -1.97. The summed E-state index contributed by atoms with van der Waals surface area (Å²) in [5, 5.41) is 14.7. The number of aliphatic hydroxyl groups excluding tert-OH is 1. The van der Waals surface area contributed by atoms with Gasteiger partial charge in [-0.3, -0.25) is 0 Å². The van der Waals surface area contributed by atoms with Gasteiger partial charge in [-0.2, -0.15) is 28.1 Å². The van der Waals surface area contributed by atoms with Crippen LogP contribution in [0.25, 0.3) is 5.57 Å². The Kier molecular flexibility index (Phi) is 5.81. The summed E-state index contributed by atoms with van der Waals surface area (Å²) in [6, 6.07) is -1.97. The molecule has 0 bridgehead atoms. The van der Waals surface area contributed by atoms with Crippen molar-refractivity contribution >= 4 is 17.5 Å². The van der Waals surface area contributed by atoms with Crippen LogP contribution in [-0.2, 0) is 0 Å². The molecule has 3 N–H and O–H groups in total. The van der Waals surface area contributed by atoms with Gasteiger partial charge in [-0.05, 0) is 40.0 Å². The summed E-state index contributed by atoms with van der Waals surface area (Å²) in [7, 11) is 0. The van der Waals surface area contributed by atoms with E-state index in [1.165, 1.54) is 0 Å². The van der Waals surface area contributed by atoms with Gasteiger partial charge in [0.15, 0.2) is 5.82 Å². The van der Waals surface area contributed by atoms with Crippen molar-refractivity contribution in [3.63, 3.8) is 0 Å². The third kappa shape index (κ3) is 5.00. The summed E-state index contributed by atoms with van der Waals surface area (Å²) in [5.74, 6) is -1.09. The largest absolute Gasteiger partial charge is 0.408 e. The molecule has 1 aliphatic carbocycles. The molecule has 0 amide bonds. The fourth-order valence-corrected chi connectivity index (χ4v) is 2.31. The Bertz CT molecular complexity index is 647. The van der Waals surface area contributed by atoms with E-state index >= 15 is 0 Å². The molecule has 6 nitrogen and oxygen atoms in total. The van der Waals surface area contributed by atoms with Gasteiger partial charge in [0.2, 0.25) is 11.9 Å². The lowest BCUT2D eigenvalue weighted by Crippen LogP contribution is -2.34. The van der Waals surface area contributed by atoms with Crippen LogP contribution in [0.2, 0.25) is 0 Å². The zero-order valence-corrected chi connectivity index (χ0v) is 14.2. The minimum Gasteiger partial charge on any atom is -0.386 e. The smallest absolute Gasteiger partial charge is 0.386 e. The molecule has 1 aromatic rings. The highest BCUT2D eigenvalue weighted by molar-refractivity contribution is 5.65. The molecule has 0 saturated carbocycles. The second-order valence-corrected chi connectivity index (χ2v) is 6.25. The first-order valence-corrected chi connectivity index (χ1v) is 8.00. The molecule has 0 spiro atoms. The van der Waals surface area contributed by atoms with Crippen molar-refractivity contribution < 1.29 is 22.7 Å². The minimum absolute atomic E-state index is 0.0391. The van der Waals surface area contributed by atoms with Gasteiger partial charge in [-0.1, -0.05) is 0 Å². The zero-order valence-electron chi connectivity index (χ0n) is 14.2. The molecule has 1 heterocycles. The monoisotopic (exact) mass is 363 g/mol. The molecule has 1 aliphatic rings. The van der Waals surface area contributed by atoms with Crippen LogP contribution in [0.4, 0.5) is 29.5 Å². The first-order valence-electron chi connectivity index (χ1n) is 8.00. The molecule has 2 rings (SSSR count). The predicted molar refractivity (Wildman–Crippen MR) is 85.6 cm³/mol. The zero-order chi connectivity index (χ0) is 18.8. The van der Waals surface area contributed by atoms with E-state index in [0.29, 0.717) is 12.8 Å². The Morgan fingerprint density at radius 2 is 1.68 bits per heavy atom. The first-order chi connectivity index (χ1) is 11.6. The molecule has 25 heavy (non-hydrogen) atoms. The van der Waals surface area contributed by atoms with E-state index in [1.54, 1.807) is 13.8 Å². The van der Waals surface area contributed by atoms with Gasteiger partial charge < -0.3 is 15.7 Å². The molecule has 0 unspecified atom stereocenters. The number of nitrogens with zero attached hydrogens (tertiary/aromatic N) is 3. The third-order valence-corrected chi connectivity index (χ3v) is 3.64. The Labute approximate surface area is 142 Å². The Balaban J connectivity index is 2.42. The maximum absolute atomic E-state index is 14.2. The van der Waals surface area contributed by atoms with E-state index in [1.807, 2.05) is 0 Å². The number of halogens is 4. The van der Waals surface area contributed by atoms with Crippen LogP contribution in [0.5, 0.6) is 0 Å². The van der Waals surface area contributed by atoms with Gasteiger partial charge in [0.25, 0.3) is 0 Å². The van der Waals surface area contributed by atoms with E-state index in [2.05, 4.69) is 25.6 Å². The first kappa shape index (κ1) is 19.4. The van der Waals surface area contributed by atoms with E-state index in [-0.39, 0.29) is 35.8 Å². The summed E-state index contributed by atoms with van der Waals surface area (Å²) in [5.41, 5.74) is 0.0932. The van der Waals surface area contributed by atoms with Crippen molar-refractivity contribution in [1.29, 1.82) is 0 Å². The van der Waals surface area contributed by atoms with Gasteiger partial charge in [0.1, 0.15) is 18.0 Å². The molecule has 140 valence electrons. The Morgan fingerprint density at radius 3 is 2.24 bits per heavy atom. The van der Waals surface area contributed by atoms with Crippen LogP contribution < -0.4 is 10.6 Å². The number of allylic oxidation sites excluding steroid dienone is 1. The molecule has 1 aromatic heterocycles. The van der Waals surface area contributed by atoms with Crippen LogP contribution in [0.15, 0.2) is 5.83 Å². The second-order valence-electron chi connectivity index (χ2n) is 6.25. The molecule has 2 atom stereocenters. The number of rotatable bonds is 5. The number of aromatic nitrogens is 3. The molecule has 0 saturated heterocycles. The lowest BCUT2D eigenvalue weighted by atomic mass is 9.96. The van der Waals surface area contributed by atoms with E-state index in [0.717, 1.165) is 6.92 Å². The number of hydrogen-bond acceptors (Lipinski definition) is 6. The molecule has 0 aromatic carbocycles. The number of hydrogen-bond donors (Lipinski definition) is 3. The van der Waals surface area contributed by atoms with Gasteiger partial charge in [0, 0.05) is 11.6 Å². The van der Waals surface area contributed by atoms with Gasteiger partial charge in [-0.25, -0.2) is 4.39 Å². The van der Waals surface area contributed by atoms with Gasteiger partial charge >= 0.3 is 6.18 Å². The quantitative estimate of drug-likeness (QED) is 0.697. The summed E-state index contributed by atoms with van der Waals surface area (Å²) >= 11 is 0. The number of anilines is 2. The summed E-state index contributed by atoms with van der Waals surface area (Å²) in [4.78, 5) is 11.9. The fourth-order valence-electron chi connectivity index (χ4n) is 2.31. The highest BCUT2D eigenvalue weighted by Crippen LogP contribution is 2.32. The van der Waals surface area contributed by atoms with Crippen molar-refractivity contribution in [2.75, 3.05) is 10.6 Å². The maximum Gasteiger partial charge on any atom is 0.408 e. The summed E-state index contributed by atoms with van der Waals surface area (Å²) < 4.78 is 52.5. The number of aliphatic hydroxyl groups is 1. The lowest BCUT2D eigenvalue weighted by molar-refractivity contribution is -0.138. The molecular weight excluding hydrogens is 342 g/mol. The highest BCUT2D eigenvalue weighted by Gasteiger charge is 2.36. The van der Waals surface area contributed by atoms with Crippen LogP contribution in [0.1, 0.15) is 45.9 Å².